The fourth-order valence-electron chi connectivity index (χ4n) is 2.76. The molecular formula is C21H18N6O2. The lowest BCUT2D eigenvalue weighted by atomic mass is 10.1. The average Bonchev–Trinajstić information content (AvgIpc) is 3.14. The SMILES string of the molecule is CC[C@H](CC#N)NC(=O)c1ccc(-n2ncc(-c3ccc(C#N)cc3)c2O)nc1. The van der Waals surface area contributed by atoms with E-state index in [0.29, 0.717) is 34.5 Å². The fraction of sp³-hybridized carbons (Fsp3) is 0.190. The highest BCUT2D eigenvalue weighted by atomic mass is 16.3. The Kier molecular flexibility index (Phi) is 5.86. The molecule has 0 spiro atoms. The molecule has 2 N–H and O–H groups in total. The maximum Gasteiger partial charge on any atom is 0.253 e. The lowest BCUT2D eigenvalue weighted by molar-refractivity contribution is 0.0936. The van der Waals surface area contributed by atoms with Crippen molar-refractivity contribution in [3.63, 3.8) is 0 Å². The van der Waals surface area contributed by atoms with E-state index >= 15 is 0 Å². The first-order chi connectivity index (χ1) is 14.1. The maximum absolute atomic E-state index is 12.3. The largest absolute Gasteiger partial charge is 0.493 e. The van der Waals surface area contributed by atoms with Crippen LogP contribution in [-0.2, 0) is 0 Å². The zero-order valence-electron chi connectivity index (χ0n) is 15.7. The molecule has 2 heterocycles. The van der Waals surface area contributed by atoms with Gasteiger partial charge in [0.25, 0.3) is 5.91 Å². The number of carbonyl (C=O) groups is 1. The van der Waals surface area contributed by atoms with Crippen LogP contribution in [0.2, 0.25) is 0 Å². The van der Waals surface area contributed by atoms with Crippen LogP contribution in [-0.4, -0.2) is 31.8 Å². The highest BCUT2D eigenvalue weighted by Crippen LogP contribution is 2.30. The Morgan fingerprint density at radius 1 is 1.21 bits per heavy atom. The molecule has 0 saturated carbocycles. The quantitative estimate of drug-likeness (QED) is 0.670. The number of nitriles is 2. The lowest BCUT2D eigenvalue weighted by Crippen LogP contribution is -2.34. The zero-order chi connectivity index (χ0) is 20.8. The van der Waals surface area contributed by atoms with E-state index in [2.05, 4.69) is 15.4 Å². The fourth-order valence-corrected chi connectivity index (χ4v) is 2.76. The smallest absolute Gasteiger partial charge is 0.253 e. The van der Waals surface area contributed by atoms with E-state index in [1.807, 2.05) is 19.1 Å². The Morgan fingerprint density at radius 3 is 2.55 bits per heavy atom. The number of nitrogens with zero attached hydrogens (tertiary/aromatic N) is 5. The molecule has 8 nitrogen and oxygen atoms in total. The Balaban J connectivity index is 1.80. The lowest BCUT2D eigenvalue weighted by Gasteiger charge is -2.13. The third-order valence-electron chi connectivity index (χ3n) is 4.46. The summed E-state index contributed by atoms with van der Waals surface area (Å²) >= 11 is 0. The van der Waals surface area contributed by atoms with Gasteiger partial charge in [0, 0.05) is 12.2 Å². The van der Waals surface area contributed by atoms with Crippen molar-refractivity contribution in [1.29, 1.82) is 10.5 Å². The minimum atomic E-state index is -0.311. The number of aromatic hydroxyl groups is 1. The number of hydrogen-bond acceptors (Lipinski definition) is 6. The summed E-state index contributed by atoms with van der Waals surface area (Å²) in [5.41, 5.74) is 2.09. The third-order valence-corrected chi connectivity index (χ3v) is 4.46. The number of pyridine rings is 1. The summed E-state index contributed by atoms with van der Waals surface area (Å²) in [4.78, 5) is 16.5. The standard InChI is InChI=1S/C21H18N6O2/c1-2-17(9-10-22)26-20(28)16-7-8-19(24-12-16)27-21(29)18(13-25-27)15-5-3-14(11-23)4-6-15/h3-8,12-13,17,29H,2,9H2,1H3,(H,26,28)/t17-/m1/s1. The predicted molar refractivity (Wildman–Crippen MR) is 105 cm³/mol. The number of rotatable bonds is 6. The molecule has 0 aliphatic carbocycles. The van der Waals surface area contributed by atoms with E-state index in [4.69, 9.17) is 10.5 Å². The van der Waals surface area contributed by atoms with Crippen molar-refractivity contribution in [2.45, 2.75) is 25.8 Å². The van der Waals surface area contributed by atoms with E-state index in [0.717, 1.165) is 0 Å². The molecule has 0 radical (unpaired) electrons. The van der Waals surface area contributed by atoms with Crippen molar-refractivity contribution < 1.29 is 9.90 Å². The summed E-state index contributed by atoms with van der Waals surface area (Å²) in [7, 11) is 0. The first kappa shape index (κ1) is 19.6. The summed E-state index contributed by atoms with van der Waals surface area (Å²) in [5.74, 6) is -0.0587. The molecule has 0 unspecified atom stereocenters. The van der Waals surface area contributed by atoms with Gasteiger partial charge in [0.2, 0.25) is 5.88 Å². The van der Waals surface area contributed by atoms with Gasteiger partial charge in [-0.25, -0.2) is 4.98 Å². The van der Waals surface area contributed by atoms with Crippen molar-refractivity contribution >= 4 is 5.91 Å². The highest BCUT2D eigenvalue weighted by Gasteiger charge is 2.16. The molecule has 0 bridgehead atoms. The summed E-state index contributed by atoms with van der Waals surface area (Å²) in [6, 6.07) is 13.8. The van der Waals surface area contributed by atoms with Gasteiger partial charge in [-0.2, -0.15) is 20.3 Å². The number of carbonyl (C=O) groups excluding carboxylic acids is 1. The Morgan fingerprint density at radius 2 is 1.97 bits per heavy atom. The van der Waals surface area contributed by atoms with E-state index in [1.165, 1.54) is 17.1 Å². The normalized spacial score (nSPS) is 11.3. The van der Waals surface area contributed by atoms with Crippen LogP contribution in [0.15, 0.2) is 48.8 Å². The Bertz CT molecular complexity index is 1090. The summed E-state index contributed by atoms with van der Waals surface area (Å²) in [6.07, 6.45) is 3.80. The van der Waals surface area contributed by atoms with Crippen LogP contribution in [0.25, 0.3) is 16.9 Å². The van der Waals surface area contributed by atoms with Crippen LogP contribution in [0.3, 0.4) is 0 Å². The molecule has 3 aromatic rings. The van der Waals surface area contributed by atoms with Gasteiger partial charge in [-0.05, 0) is 36.2 Å². The number of aromatic nitrogens is 3. The van der Waals surface area contributed by atoms with Crippen molar-refractivity contribution in [2.75, 3.05) is 0 Å². The van der Waals surface area contributed by atoms with E-state index < -0.39 is 0 Å². The topological polar surface area (TPSA) is 128 Å². The van der Waals surface area contributed by atoms with Gasteiger partial charge in [-0.1, -0.05) is 19.1 Å². The Labute approximate surface area is 167 Å². The van der Waals surface area contributed by atoms with Gasteiger partial charge in [0.05, 0.1) is 41.4 Å². The van der Waals surface area contributed by atoms with Crippen LogP contribution in [0, 0.1) is 22.7 Å². The summed E-state index contributed by atoms with van der Waals surface area (Å²) < 4.78 is 1.26. The van der Waals surface area contributed by atoms with Crippen LogP contribution in [0.5, 0.6) is 5.88 Å². The molecule has 0 saturated heterocycles. The number of amides is 1. The minimum Gasteiger partial charge on any atom is -0.493 e. The highest BCUT2D eigenvalue weighted by molar-refractivity contribution is 5.94. The molecule has 3 rings (SSSR count). The van der Waals surface area contributed by atoms with E-state index in [-0.39, 0.29) is 24.2 Å². The van der Waals surface area contributed by atoms with Crippen LogP contribution in [0.1, 0.15) is 35.7 Å². The molecule has 1 atom stereocenters. The minimum absolute atomic E-state index is 0.0977. The molecule has 0 aliphatic rings. The van der Waals surface area contributed by atoms with Gasteiger partial charge < -0.3 is 10.4 Å². The van der Waals surface area contributed by atoms with Crippen molar-refractivity contribution in [2.24, 2.45) is 0 Å². The number of hydrogen-bond donors (Lipinski definition) is 2. The summed E-state index contributed by atoms with van der Waals surface area (Å²) in [6.45, 7) is 1.90. The van der Waals surface area contributed by atoms with Crippen LogP contribution < -0.4 is 5.32 Å². The van der Waals surface area contributed by atoms with Gasteiger partial charge in [-0.15, -0.1) is 0 Å². The average molecular weight is 386 g/mol. The predicted octanol–water partition coefficient (Wildman–Crippen LogP) is 2.93. The Hall–Kier alpha value is -4.17. The molecule has 8 heteroatoms. The third kappa shape index (κ3) is 4.23. The monoisotopic (exact) mass is 386 g/mol. The van der Waals surface area contributed by atoms with E-state index in [1.54, 1.807) is 36.4 Å². The molecule has 0 aliphatic heterocycles. The second-order valence-corrected chi connectivity index (χ2v) is 6.33. The van der Waals surface area contributed by atoms with Crippen molar-refractivity contribution in [1.82, 2.24) is 20.1 Å². The molecule has 29 heavy (non-hydrogen) atoms. The summed E-state index contributed by atoms with van der Waals surface area (Å²) in [5, 5.41) is 35.2. The van der Waals surface area contributed by atoms with Gasteiger partial charge >= 0.3 is 0 Å². The molecular weight excluding hydrogens is 368 g/mol. The van der Waals surface area contributed by atoms with E-state index in [9.17, 15) is 9.90 Å². The molecule has 2 aromatic heterocycles. The van der Waals surface area contributed by atoms with Crippen LogP contribution >= 0.6 is 0 Å². The second kappa shape index (κ2) is 8.68. The zero-order valence-corrected chi connectivity index (χ0v) is 15.7. The van der Waals surface area contributed by atoms with Gasteiger partial charge in [0.1, 0.15) is 0 Å². The second-order valence-electron chi connectivity index (χ2n) is 6.33. The van der Waals surface area contributed by atoms with Gasteiger partial charge in [0.15, 0.2) is 5.82 Å². The molecule has 1 aromatic carbocycles. The van der Waals surface area contributed by atoms with Crippen LogP contribution in [0.4, 0.5) is 0 Å². The van der Waals surface area contributed by atoms with Crippen molar-refractivity contribution in [3.05, 3.63) is 59.9 Å². The number of benzene rings is 1. The molecule has 1 amide bonds. The number of nitrogens with one attached hydrogen (secondary N) is 1. The maximum atomic E-state index is 12.3. The first-order valence-electron chi connectivity index (χ1n) is 8.99. The van der Waals surface area contributed by atoms with Crippen molar-refractivity contribution in [3.8, 4) is 35.0 Å². The van der Waals surface area contributed by atoms with Gasteiger partial charge in [-0.3, -0.25) is 4.79 Å². The molecule has 0 fully saturated rings. The molecule has 144 valence electrons. The first-order valence-corrected chi connectivity index (χ1v) is 8.99.